The Morgan fingerprint density at radius 3 is 2.72 bits per heavy atom. The van der Waals surface area contributed by atoms with Crippen molar-refractivity contribution < 1.29 is 14.2 Å². The summed E-state index contributed by atoms with van der Waals surface area (Å²) in [4.78, 5) is 35.0. The maximum atomic E-state index is 13.0. The van der Waals surface area contributed by atoms with Gasteiger partial charge in [0.25, 0.3) is 5.91 Å². The van der Waals surface area contributed by atoms with E-state index in [2.05, 4.69) is 26.6 Å². The number of hydrogen-bond donors (Lipinski definition) is 0. The number of imide groups is 1. The number of guanidine groups is 1. The van der Waals surface area contributed by atoms with E-state index in [9.17, 15) is 9.59 Å². The molecule has 0 N–H and O–H groups in total. The SMILES string of the molecule is Cc1nnc(SCCN2C(=[N+]3CCCC(C)C3)N=C3C2C(=O)N(C)C(=O)N3C)s1. The van der Waals surface area contributed by atoms with E-state index in [1.165, 1.54) is 23.3 Å². The van der Waals surface area contributed by atoms with Crippen LogP contribution in [0.3, 0.4) is 0 Å². The lowest BCUT2D eigenvalue weighted by Crippen LogP contribution is -2.63. The molecule has 4 heterocycles. The lowest BCUT2D eigenvalue weighted by molar-refractivity contribution is -0.550. The number of thioether (sulfide) groups is 1. The molecule has 9 nitrogen and oxygen atoms in total. The molecular formula is C18H26N7O2S2+. The zero-order valence-electron chi connectivity index (χ0n) is 17.2. The number of rotatable bonds is 4. The van der Waals surface area contributed by atoms with Gasteiger partial charge in [0.15, 0.2) is 4.34 Å². The van der Waals surface area contributed by atoms with Crippen LogP contribution in [0.4, 0.5) is 4.79 Å². The highest BCUT2D eigenvalue weighted by Crippen LogP contribution is 2.27. The Balaban J connectivity index is 1.62. The predicted molar refractivity (Wildman–Crippen MR) is 113 cm³/mol. The van der Waals surface area contributed by atoms with Crippen LogP contribution in [0, 0.1) is 12.8 Å². The van der Waals surface area contributed by atoms with Gasteiger partial charge in [0.1, 0.15) is 5.01 Å². The molecule has 0 saturated carbocycles. The highest BCUT2D eigenvalue weighted by atomic mass is 32.2. The molecule has 0 spiro atoms. The summed E-state index contributed by atoms with van der Waals surface area (Å²) in [5.74, 6) is 2.47. The zero-order chi connectivity index (χ0) is 20.7. The number of nitrogens with zero attached hydrogens (tertiary/aromatic N) is 7. The number of carbonyl (C=O) groups excluding carboxylic acids is 2. The number of piperidine rings is 1. The van der Waals surface area contributed by atoms with Gasteiger partial charge in [0, 0.05) is 19.8 Å². The molecule has 0 aromatic carbocycles. The number of hydrogen-bond acceptors (Lipinski definition) is 6. The van der Waals surface area contributed by atoms with Gasteiger partial charge in [0.05, 0.1) is 19.6 Å². The van der Waals surface area contributed by atoms with E-state index in [0.29, 0.717) is 18.3 Å². The smallest absolute Gasteiger partial charge is 0.270 e. The Morgan fingerprint density at radius 1 is 1.24 bits per heavy atom. The summed E-state index contributed by atoms with van der Waals surface area (Å²) >= 11 is 3.21. The second kappa shape index (κ2) is 8.02. The molecular weight excluding hydrogens is 410 g/mol. The lowest BCUT2D eigenvalue weighted by Gasteiger charge is -2.33. The minimum Gasteiger partial charge on any atom is -0.270 e. The van der Waals surface area contributed by atoms with Gasteiger partial charge >= 0.3 is 12.0 Å². The molecule has 4 rings (SSSR count). The van der Waals surface area contributed by atoms with Crippen molar-refractivity contribution in [1.29, 1.82) is 0 Å². The number of aliphatic imine (C=N–C) groups is 1. The Bertz CT molecular complexity index is 897. The summed E-state index contributed by atoms with van der Waals surface area (Å²) in [7, 11) is 3.23. The van der Waals surface area contributed by atoms with Crippen LogP contribution in [0.2, 0.25) is 0 Å². The van der Waals surface area contributed by atoms with Crippen molar-refractivity contribution in [3.05, 3.63) is 5.01 Å². The summed E-state index contributed by atoms with van der Waals surface area (Å²) in [6.07, 6.45) is 2.31. The van der Waals surface area contributed by atoms with Crippen LogP contribution in [0.5, 0.6) is 0 Å². The van der Waals surface area contributed by atoms with E-state index >= 15 is 0 Å². The molecule has 2 saturated heterocycles. The molecule has 3 aliphatic heterocycles. The first-order valence-electron chi connectivity index (χ1n) is 9.82. The quantitative estimate of drug-likeness (QED) is 0.523. The van der Waals surface area contributed by atoms with E-state index in [-0.39, 0.29) is 11.9 Å². The van der Waals surface area contributed by atoms with Gasteiger partial charge in [-0.15, -0.1) is 10.2 Å². The van der Waals surface area contributed by atoms with Crippen molar-refractivity contribution in [2.24, 2.45) is 10.9 Å². The Morgan fingerprint density at radius 2 is 2.03 bits per heavy atom. The van der Waals surface area contributed by atoms with Gasteiger partial charge in [-0.05, 0) is 25.7 Å². The number of carbonyl (C=O) groups is 2. The fraction of sp³-hybridized carbons (Fsp3) is 0.667. The molecule has 29 heavy (non-hydrogen) atoms. The second-order valence-electron chi connectivity index (χ2n) is 7.73. The van der Waals surface area contributed by atoms with Crippen LogP contribution in [0.15, 0.2) is 9.33 Å². The number of fused-ring (bicyclic) bond motifs is 1. The standard InChI is InChI=1S/C18H26N7O2S2/c1-11-6-5-7-24(10-11)16-19-14-13(15(26)23(4)18(27)22(14)3)25(16)8-9-28-17-21-20-12(2)29-17/h11,13H,5-10H2,1-4H3/q+1. The topological polar surface area (TPSA) is 85.0 Å². The first kappa shape index (κ1) is 20.3. The summed E-state index contributed by atoms with van der Waals surface area (Å²) in [5.41, 5.74) is 0. The summed E-state index contributed by atoms with van der Waals surface area (Å²) in [6.45, 7) is 6.66. The number of likely N-dealkylation sites (N-methyl/N-ethyl adjacent to an activating group) is 2. The normalized spacial score (nSPS) is 27.6. The maximum Gasteiger partial charge on any atom is 0.392 e. The van der Waals surface area contributed by atoms with E-state index in [1.54, 1.807) is 30.1 Å². The predicted octanol–water partition coefficient (Wildman–Crippen LogP) is 1.34. The van der Waals surface area contributed by atoms with Crippen LogP contribution in [0.25, 0.3) is 0 Å². The van der Waals surface area contributed by atoms with E-state index < -0.39 is 6.04 Å². The van der Waals surface area contributed by atoms with Crippen molar-refractivity contribution in [2.75, 3.05) is 39.5 Å². The maximum absolute atomic E-state index is 13.0. The van der Waals surface area contributed by atoms with Crippen LogP contribution in [-0.2, 0) is 4.79 Å². The second-order valence-corrected chi connectivity index (χ2v) is 10.3. The monoisotopic (exact) mass is 436 g/mol. The van der Waals surface area contributed by atoms with Crippen LogP contribution in [0.1, 0.15) is 24.8 Å². The molecule has 1 aromatic rings. The number of amidine groups is 1. The fourth-order valence-corrected chi connectivity index (χ4v) is 5.83. The zero-order valence-corrected chi connectivity index (χ0v) is 18.8. The highest BCUT2D eigenvalue weighted by molar-refractivity contribution is 8.01. The van der Waals surface area contributed by atoms with Crippen molar-refractivity contribution in [3.8, 4) is 0 Å². The first-order valence-corrected chi connectivity index (χ1v) is 11.6. The van der Waals surface area contributed by atoms with Crippen molar-refractivity contribution >= 4 is 46.8 Å². The number of aromatic nitrogens is 2. The molecule has 0 radical (unpaired) electrons. The van der Waals surface area contributed by atoms with Gasteiger partial charge in [-0.2, -0.15) is 0 Å². The first-order chi connectivity index (χ1) is 13.9. The van der Waals surface area contributed by atoms with Gasteiger partial charge in [-0.1, -0.05) is 35.0 Å². The average molecular weight is 437 g/mol. The van der Waals surface area contributed by atoms with E-state index in [0.717, 1.165) is 40.6 Å². The number of amides is 3. The van der Waals surface area contributed by atoms with E-state index in [1.807, 2.05) is 6.92 Å². The number of aryl methyl sites for hydroxylation is 1. The van der Waals surface area contributed by atoms with Gasteiger partial charge < -0.3 is 0 Å². The molecule has 2 fully saturated rings. The molecule has 2 atom stereocenters. The van der Waals surface area contributed by atoms with E-state index in [4.69, 9.17) is 4.99 Å². The molecule has 0 bridgehead atoms. The molecule has 11 heteroatoms. The third kappa shape index (κ3) is 3.77. The van der Waals surface area contributed by atoms with Crippen LogP contribution in [-0.4, -0.2) is 98.7 Å². The fourth-order valence-electron chi connectivity index (χ4n) is 4.01. The van der Waals surface area contributed by atoms with Crippen molar-refractivity contribution in [3.63, 3.8) is 0 Å². The van der Waals surface area contributed by atoms with Gasteiger partial charge in [-0.3, -0.25) is 19.2 Å². The average Bonchev–Trinajstić information content (AvgIpc) is 3.28. The molecule has 0 aliphatic carbocycles. The largest absolute Gasteiger partial charge is 0.392 e. The van der Waals surface area contributed by atoms with Crippen LogP contribution >= 0.6 is 23.1 Å². The van der Waals surface area contributed by atoms with Crippen LogP contribution < -0.4 is 0 Å². The Kier molecular flexibility index (Phi) is 5.60. The summed E-state index contributed by atoms with van der Waals surface area (Å²) in [5, 5.41) is 9.17. The Hall–Kier alpha value is -2.01. The third-order valence-electron chi connectivity index (χ3n) is 5.51. The molecule has 2 unspecified atom stereocenters. The van der Waals surface area contributed by atoms with Crippen molar-refractivity contribution in [1.82, 2.24) is 24.9 Å². The van der Waals surface area contributed by atoms with Gasteiger partial charge in [0.2, 0.25) is 11.9 Å². The van der Waals surface area contributed by atoms with Gasteiger partial charge in [-0.25, -0.2) is 9.69 Å². The molecule has 1 aromatic heterocycles. The Labute approximate surface area is 178 Å². The summed E-state index contributed by atoms with van der Waals surface area (Å²) < 4.78 is 3.19. The number of urea groups is 1. The molecule has 3 amide bonds. The molecule has 3 aliphatic rings. The minimum atomic E-state index is -0.549. The molecule has 156 valence electrons. The minimum absolute atomic E-state index is 0.219. The third-order valence-corrected chi connectivity index (χ3v) is 7.47. The lowest BCUT2D eigenvalue weighted by atomic mass is 10.0. The summed E-state index contributed by atoms with van der Waals surface area (Å²) in [6, 6.07) is -0.886. The highest BCUT2D eigenvalue weighted by Gasteiger charge is 2.55. The van der Waals surface area contributed by atoms with Crippen molar-refractivity contribution in [2.45, 2.75) is 37.1 Å².